The first-order valence-electron chi connectivity index (χ1n) is 4.73. The summed E-state index contributed by atoms with van der Waals surface area (Å²) in [5.41, 5.74) is 0. The van der Waals surface area contributed by atoms with Crippen molar-refractivity contribution in [2.45, 2.75) is 26.8 Å². The predicted molar refractivity (Wildman–Crippen MR) is 54.9 cm³/mol. The van der Waals surface area contributed by atoms with Gasteiger partial charge >= 0.3 is 6.03 Å². The molecule has 0 aromatic rings. The largest absolute Gasteiger partial charge is 0.341 e. The van der Waals surface area contributed by atoms with Gasteiger partial charge < -0.3 is 10.6 Å². The van der Waals surface area contributed by atoms with Crippen LogP contribution in [-0.2, 0) is 4.79 Å². The maximum atomic E-state index is 11.3. The molecule has 3 N–H and O–H groups in total. The molecular weight excluding hydrogens is 182 g/mol. The van der Waals surface area contributed by atoms with Crippen LogP contribution in [0.3, 0.4) is 0 Å². The number of rotatable bonds is 4. The lowest BCUT2D eigenvalue weighted by Crippen LogP contribution is -2.47. The monoisotopic (exact) mass is 201 g/mol. The van der Waals surface area contributed by atoms with Gasteiger partial charge in [0.2, 0.25) is 5.91 Å². The van der Waals surface area contributed by atoms with E-state index in [0.29, 0.717) is 5.92 Å². The van der Waals surface area contributed by atoms with Crippen molar-refractivity contribution in [1.29, 1.82) is 0 Å². The Morgan fingerprint density at radius 3 is 2.21 bits per heavy atom. The predicted octanol–water partition coefficient (Wildman–Crippen LogP) is 0.0761. The van der Waals surface area contributed by atoms with Gasteiger partial charge in [0, 0.05) is 7.05 Å². The van der Waals surface area contributed by atoms with Crippen molar-refractivity contribution in [2.24, 2.45) is 5.92 Å². The van der Waals surface area contributed by atoms with Crippen LogP contribution in [0, 0.1) is 5.92 Å². The second-order valence-electron chi connectivity index (χ2n) is 3.59. The molecule has 0 aromatic carbocycles. The topological polar surface area (TPSA) is 70.2 Å². The molecule has 1 unspecified atom stereocenters. The molecule has 0 heterocycles. The van der Waals surface area contributed by atoms with Gasteiger partial charge in [-0.2, -0.15) is 0 Å². The van der Waals surface area contributed by atoms with E-state index in [4.69, 9.17) is 0 Å². The fourth-order valence-electron chi connectivity index (χ4n) is 0.788. The SMILES string of the molecule is CNC(=O)NC(=O)C(C)NCC(C)C. The summed E-state index contributed by atoms with van der Waals surface area (Å²) in [4.78, 5) is 22.1. The van der Waals surface area contributed by atoms with E-state index in [1.807, 2.05) is 0 Å². The highest BCUT2D eigenvalue weighted by Crippen LogP contribution is 1.90. The van der Waals surface area contributed by atoms with Crippen molar-refractivity contribution in [1.82, 2.24) is 16.0 Å². The molecule has 0 radical (unpaired) electrons. The molecule has 0 saturated carbocycles. The average molecular weight is 201 g/mol. The summed E-state index contributed by atoms with van der Waals surface area (Å²) in [6, 6.07) is -0.831. The Morgan fingerprint density at radius 2 is 1.79 bits per heavy atom. The Bertz CT molecular complexity index is 204. The second-order valence-corrected chi connectivity index (χ2v) is 3.59. The molecule has 14 heavy (non-hydrogen) atoms. The first-order valence-corrected chi connectivity index (χ1v) is 4.73. The zero-order valence-electron chi connectivity index (χ0n) is 9.18. The van der Waals surface area contributed by atoms with Crippen molar-refractivity contribution in [2.75, 3.05) is 13.6 Å². The molecule has 0 aromatic heterocycles. The van der Waals surface area contributed by atoms with E-state index in [-0.39, 0.29) is 11.9 Å². The van der Waals surface area contributed by atoms with Gasteiger partial charge in [0.15, 0.2) is 0 Å². The van der Waals surface area contributed by atoms with Gasteiger partial charge in [0.05, 0.1) is 6.04 Å². The van der Waals surface area contributed by atoms with E-state index in [2.05, 4.69) is 29.8 Å². The summed E-state index contributed by atoms with van der Waals surface area (Å²) >= 11 is 0. The Kier molecular flexibility index (Phi) is 5.87. The standard InChI is InChI=1S/C9H19N3O2/c1-6(2)5-11-7(3)8(13)12-9(14)10-4/h6-7,11H,5H2,1-4H3,(H2,10,12,13,14). The normalized spacial score (nSPS) is 12.4. The maximum Gasteiger partial charge on any atom is 0.321 e. The van der Waals surface area contributed by atoms with E-state index in [0.717, 1.165) is 6.54 Å². The number of nitrogens with one attached hydrogen (secondary N) is 3. The van der Waals surface area contributed by atoms with Crippen molar-refractivity contribution in [3.05, 3.63) is 0 Å². The van der Waals surface area contributed by atoms with Gasteiger partial charge in [-0.05, 0) is 19.4 Å². The van der Waals surface area contributed by atoms with Gasteiger partial charge in [-0.1, -0.05) is 13.8 Å². The minimum absolute atomic E-state index is 0.315. The maximum absolute atomic E-state index is 11.3. The number of carbonyl (C=O) groups is 2. The molecule has 0 spiro atoms. The molecule has 3 amide bonds. The first-order chi connectivity index (χ1) is 6.47. The van der Waals surface area contributed by atoms with E-state index < -0.39 is 6.03 Å². The molecular formula is C9H19N3O2. The van der Waals surface area contributed by atoms with Crippen molar-refractivity contribution in [3.63, 3.8) is 0 Å². The van der Waals surface area contributed by atoms with Gasteiger partial charge in [-0.15, -0.1) is 0 Å². The van der Waals surface area contributed by atoms with Gasteiger partial charge in [-0.3, -0.25) is 10.1 Å². The summed E-state index contributed by atoms with van der Waals surface area (Å²) in [7, 11) is 1.47. The third kappa shape index (κ3) is 5.53. The Hall–Kier alpha value is -1.10. The van der Waals surface area contributed by atoms with Crippen LogP contribution in [0.15, 0.2) is 0 Å². The van der Waals surface area contributed by atoms with E-state index >= 15 is 0 Å². The highest BCUT2D eigenvalue weighted by molar-refractivity contribution is 5.96. The molecule has 0 saturated heterocycles. The summed E-state index contributed by atoms with van der Waals surface area (Å²) < 4.78 is 0. The molecule has 0 aliphatic carbocycles. The number of carbonyl (C=O) groups excluding carboxylic acids is 2. The van der Waals surface area contributed by atoms with Crippen molar-refractivity contribution < 1.29 is 9.59 Å². The Balaban J connectivity index is 3.82. The number of hydrogen-bond acceptors (Lipinski definition) is 3. The molecule has 5 heteroatoms. The zero-order chi connectivity index (χ0) is 11.1. The van der Waals surface area contributed by atoms with Gasteiger partial charge in [-0.25, -0.2) is 4.79 Å². The molecule has 82 valence electrons. The third-order valence-electron chi connectivity index (χ3n) is 1.69. The van der Waals surface area contributed by atoms with Crippen LogP contribution in [-0.4, -0.2) is 31.6 Å². The molecule has 0 fully saturated rings. The average Bonchev–Trinajstić information content (AvgIpc) is 2.13. The number of imide groups is 1. The molecule has 0 bridgehead atoms. The molecule has 0 aliphatic rings. The van der Waals surface area contributed by atoms with Crippen LogP contribution in [0.5, 0.6) is 0 Å². The summed E-state index contributed by atoms with van der Waals surface area (Å²) in [5, 5.41) is 7.54. The number of hydrogen-bond donors (Lipinski definition) is 3. The second kappa shape index (κ2) is 6.37. The summed E-state index contributed by atoms with van der Waals surface area (Å²) in [6.45, 7) is 6.58. The van der Waals surface area contributed by atoms with Crippen LogP contribution in [0.2, 0.25) is 0 Å². The zero-order valence-corrected chi connectivity index (χ0v) is 9.18. The van der Waals surface area contributed by atoms with Crippen LogP contribution in [0.1, 0.15) is 20.8 Å². The Morgan fingerprint density at radius 1 is 1.21 bits per heavy atom. The van der Waals surface area contributed by atoms with Crippen LogP contribution >= 0.6 is 0 Å². The minimum atomic E-state index is -0.479. The Labute approximate surface area is 84.6 Å². The van der Waals surface area contributed by atoms with E-state index in [9.17, 15) is 9.59 Å². The van der Waals surface area contributed by atoms with Crippen LogP contribution in [0.25, 0.3) is 0 Å². The van der Waals surface area contributed by atoms with E-state index in [1.165, 1.54) is 7.05 Å². The first kappa shape index (κ1) is 12.9. The highest BCUT2D eigenvalue weighted by atomic mass is 16.2. The minimum Gasteiger partial charge on any atom is -0.341 e. The summed E-state index contributed by atoms with van der Waals surface area (Å²) in [6.07, 6.45) is 0. The lowest BCUT2D eigenvalue weighted by atomic mass is 10.2. The fraction of sp³-hybridized carbons (Fsp3) is 0.778. The van der Waals surface area contributed by atoms with Crippen molar-refractivity contribution in [3.8, 4) is 0 Å². The lowest BCUT2D eigenvalue weighted by molar-refractivity contribution is -0.121. The van der Waals surface area contributed by atoms with Crippen LogP contribution in [0.4, 0.5) is 4.79 Å². The highest BCUT2D eigenvalue weighted by Gasteiger charge is 2.14. The molecule has 0 aliphatic heterocycles. The number of urea groups is 1. The molecule has 1 atom stereocenters. The van der Waals surface area contributed by atoms with Crippen molar-refractivity contribution >= 4 is 11.9 Å². The molecule has 5 nitrogen and oxygen atoms in total. The summed E-state index contributed by atoms with van der Waals surface area (Å²) in [5.74, 6) is 0.162. The third-order valence-corrected chi connectivity index (χ3v) is 1.69. The smallest absolute Gasteiger partial charge is 0.321 e. The lowest BCUT2D eigenvalue weighted by Gasteiger charge is -2.14. The van der Waals surface area contributed by atoms with Gasteiger partial charge in [0.1, 0.15) is 0 Å². The quantitative estimate of drug-likeness (QED) is 0.603. The van der Waals surface area contributed by atoms with Gasteiger partial charge in [0.25, 0.3) is 0 Å². The van der Waals surface area contributed by atoms with Crippen LogP contribution < -0.4 is 16.0 Å². The number of amides is 3. The fourth-order valence-corrected chi connectivity index (χ4v) is 0.788. The van der Waals surface area contributed by atoms with E-state index in [1.54, 1.807) is 6.92 Å². The molecule has 0 rings (SSSR count).